The van der Waals surface area contributed by atoms with Crippen LogP contribution in [0.3, 0.4) is 0 Å². The molecule has 0 bridgehead atoms. The van der Waals surface area contributed by atoms with Crippen molar-refractivity contribution in [3.63, 3.8) is 0 Å². The number of halogens is 1. The topological polar surface area (TPSA) is 69.7 Å². The van der Waals surface area contributed by atoms with Gasteiger partial charge in [0.2, 0.25) is 9.84 Å². The van der Waals surface area contributed by atoms with Crippen LogP contribution in [0.5, 0.6) is 0 Å². The Balaban J connectivity index is 2.83. The molecular formula is C19H24FO5PS. The van der Waals surface area contributed by atoms with E-state index in [2.05, 4.69) is 0 Å². The van der Waals surface area contributed by atoms with Crippen molar-refractivity contribution in [2.24, 2.45) is 0 Å². The molecule has 0 fully saturated rings. The van der Waals surface area contributed by atoms with E-state index < -0.39 is 34.4 Å². The van der Waals surface area contributed by atoms with Gasteiger partial charge in [0.05, 0.1) is 17.1 Å². The number of benzene rings is 2. The van der Waals surface area contributed by atoms with Crippen LogP contribution in [-0.4, -0.2) is 20.6 Å². The van der Waals surface area contributed by atoms with Crippen molar-refractivity contribution in [3.8, 4) is 0 Å². The highest BCUT2D eigenvalue weighted by Crippen LogP contribution is 2.70. The monoisotopic (exact) mass is 414 g/mol. The van der Waals surface area contributed by atoms with Crippen LogP contribution in [-0.2, 0) is 28.2 Å². The van der Waals surface area contributed by atoms with Crippen LogP contribution >= 0.6 is 7.60 Å². The van der Waals surface area contributed by atoms with Crippen molar-refractivity contribution < 1.29 is 26.4 Å². The van der Waals surface area contributed by atoms with E-state index in [9.17, 15) is 13.0 Å². The van der Waals surface area contributed by atoms with Gasteiger partial charge in [0, 0.05) is 5.56 Å². The zero-order valence-electron chi connectivity index (χ0n) is 15.7. The summed E-state index contributed by atoms with van der Waals surface area (Å²) < 4.78 is 64.4. The Hall–Kier alpha value is -1.53. The minimum Gasteiger partial charge on any atom is -0.303 e. The summed E-state index contributed by atoms with van der Waals surface area (Å²) in [6.45, 7) is 6.15. The molecule has 27 heavy (non-hydrogen) atoms. The molecule has 0 heterocycles. The van der Waals surface area contributed by atoms with Crippen LogP contribution in [0.25, 0.3) is 0 Å². The van der Waals surface area contributed by atoms with Gasteiger partial charge < -0.3 is 9.05 Å². The third-order valence-corrected chi connectivity index (χ3v) is 9.18. The van der Waals surface area contributed by atoms with Gasteiger partial charge in [-0.25, -0.2) is 12.8 Å². The van der Waals surface area contributed by atoms with Crippen molar-refractivity contribution in [3.05, 3.63) is 66.2 Å². The van der Waals surface area contributed by atoms with E-state index in [-0.39, 0.29) is 10.5 Å². The van der Waals surface area contributed by atoms with Crippen molar-refractivity contribution in [1.82, 2.24) is 0 Å². The maximum absolute atomic E-state index is 16.7. The third-order valence-electron chi connectivity index (χ3n) is 3.59. The first-order chi connectivity index (χ1) is 12.5. The highest BCUT2D eigenvalue weighted by molar-refractivity contribution is 7.98. The molecular weight excluding hydrogens is 390 g/mol. The van der Waals surface area contributed by atoms with Crippen LogP contribution in [0.4, 0.5) is 4.39 Å². The number of alkyl halides is 1. The Morgan fingerprint density at radius 1 is 0.852 bits per heavy atom. The van der Waals surface area contributed by atoms with Gasteiger partial charge in [0.15, 0.2) is 0 Å². The molecule has 5 nitrogen and oxygen atoms in total. The zero-order valence-corrected chi connectivity index (χ0v) is 17.4. The van der Waals surface area contributed by atoms with Gasteiger partial charge in [-0.15, -0.1) is 0 Å². The fourth-order valence-corrected chi connectivity index (χ4v) is 7.50. The molecule has 0 saturated heterocycles. The zero-order chi connectivity index (χ0) is 20.3. The summed E-state index contributed by atoms with van der Waals surface area (Å²) in [5, 5.41) is 0. The molecule has 2 rings (SSSR count). The molecule has 0 N–H and O–H groups in total. The first-order valence-corrected chi connectivity index (χ1v) is 11.6. The first kappa shape index (κ1) is 21.8. The second kappa shape index (κ2) is 8.23. The summed E-state index contributed by atoms with van der Waals surface area (Å²) in [5.74, 6) is 0. The van der Waals surface area contributed by atoms with Gasteiger partial charge in [0.25, 0.3) is 0 Å². The fourth-order valence-electron chi connectivity index (χ4n) is 2.58. The van der Waals surface area contributed by atoms with Crippen molar-refractivity contribution in [1.29, 1.82) is 0 Å². The number of rotatable bonds is 8. The van der Waals surface area contributed by atoms with Gasteiger partial charge in [-0.05, 0) is 39.8 Å². The summed E-state index contributed by atoms with van der Waals surface area (Å²) in [6, 6.07) is 14.1. The molecule has 0 aliphatic carbocycles. The molecule has 0 spiro atoms. The SMILES string of the molecule is CC(C)OP(=O)(OC(C)C)C(F)(c1ccccc1)S(=O)(=O)c1ccccc1. The molecule has 0 aliphatic rings. The minimum absolute atomic E-state index is 0.307. The van der Waals surface area contributed by atoms with Crippen LogP contribution < -0.4 is 0 Å². The second-order valence-corrected chi connectivity index (χ2v) is 10.9. The molecule has 8 heteroatoms. The van der Waals surface area contributed by atoms with Gasteiger partial charge in [-0.3, -0.25) is 4.57 Å². The van der Waals surface area contributed by atoms with Gasteiger partial charge in [-0.1, -0.05) is 48.5 Å². The lowest BCUT2D eigenvalue weighted by molar-refractivity contribution is 0.114. The molecule has 0 aliphatic heterocycles. The largest absolute Gasteiger partial charge is 0.388 e. The van der Waals surface area contributed by atoms with Gasteiger partial charge >= 0.3 is 12.3 Å². The lowest BCUT2D eigenvalue weighted by Gasteiger charge is -2.34. The van der Waals surface area contributed by atoms with E-state index in [0.29, 0.717) is 0 Å². The highest BCUT2D eigenvalue weighted by Gasteiger charge is 2.64. The van der Waals surface area contributed by atoms with Crippen LogP contribution in [0.2, 0.25) is 0 Å². The first-order valence-electron chi connectivity index (χ1n) is 8.55. The summed E-state index contributed by atoms with van der Waals surface area (Å²) in [7, 11) is -9.60. The summed E-state index contributed by atoms with van der Waals surface area (Å²) >= 11 is 0. The van der Waals surface area contributed by atoms with E-state index in [0.717, 1.165) is 0 Å². The van der Waals surface area contributed by atoms with E-state index in [1.165, 1.54) is 76.2 Å². The molecule has 0 saturated carbocycles. The van der Waals surface area contributed by atoms with E-state index >= 15 is 4.39 Å². The smallest absolute Gasteiger partial charge is 0.303 e. The van der Waals surface area contributed by atoms with Crippen molar-refractivity contribution in [2.45, 2.75) is 49.5 Å². The predicted molar refractivity (Wildman–Crippen MR) is 103 cm³/mol. The quantitative estimate of drug-likeness (QED) is 0.550. The Morgan fingerprint density at radius 2 is 1.26 bits per heavy atom. The minimum atomic E-state index is -4.82. The lowest BCUT2D eigenvalue weighted by Crippen LogP contribution is -2.34. The van der Waals surface area contributed by atoms with Crippen LogP contribution in [0, 0.1) is 0 Å². The summed E-state index contributed by atoms with van der Waals surface area (Å²) in [4.78, 5) is -0.309. The molecule has 1 unspecified atom stereocenters. The Bertz CT molecular complexity index is 886. The third kappa shape index (κ3) is 4.16. The molecule has 1 atom stereocenters. The lowest BCUT2D eigenvalue weighted by atomic mass is 10.2. The standard InChI is InChI=1S/C19H24FO5PS/c1-15(2)24-26(21,25-16(3)4)19(20,17-11-7-5-8-12-17)27(22,23)18-13-9-6-10-14-18/h5-16H,1-4H3. The van der Waals surface area contributed by atoms with E-state index in [4.69, 9.17) is 9.05 Å². The van der Waals surface area contributed by atoms with Crippen LogP contribution in [0.15, 0.2) is 65.6 Å². The molecule has 0 amide bonds. The molecule has 2 aromatic rings. The van der Waals surface area contributed by atoms with Gasteiger partial charge in [-0.2, -0.15) is 0 Å². The normalized spacial score (nSPS) is 15.1. The number of hydrogen-bond donors (Lipinski definition) is 0. The Labute approximate surface area is 160 Å². The van der Waals surface area contributed by atoms with E-state index in [1.807, 2.05) is 0 Å². The van der Waals surface area contributed by atoms with Gasteiger partial charge in [0.1, 0.15) is 0 Å². The molecule has 148 valence electrons. The predicted octanol–water partition coefficient (Wildman–Crippen LogP) is 5.28. The Kier molecular flexibility index (Phi) is 6.63. The highest BCUT2D eigenvalue weighted by atomic mass is 32.2. The second-order valence-electron chi connectivity index (χ2n) is 6.55. The summed E-state index contributed by atoms with van der Waals surface area (Å²) in [5.41, 5.74) is -0.307. The van der Waals surface area contributed by atoms with Crippen LogP contribution in [0.1, 0.15) is 33.3 Å². The molecule has 0 radical (unpaired) electrons. The number of hydrogen-bond acceptors (Lipinski definition) is 5. The van der Waals surface area contributed by atoms with Crippen molar-refractivity contribution >= 4 is 17.4 Å². The Morgan fingerprint density at radius 3 is 1.67 bits per heavy atom. The number of sulfone groups is 1. The molecule has 0 aromatic heterocycles. The maximum Gasteiger partial charge on any atom is 0.388 e. The average molecular weight is 414 g/mol. The van der Waals surface area contributed by atoms with E-state index in [1.54, 1.807) is 12.1 Å². The fraction of sp³-hybridized carbons (Fsp3) is 0.368. The average Bonchev–Trinajstić information content (AvgIpc) is 2.60. The van der Waals surface area contributed by atoms with Crippen molar-refractivity contribution in [2.75, 3.05) is 0 Å². The molecule has 2 aromatic carbocycles. The summed E-state index contributed by atoms with van der Waals surface area (Å²) in [6.07, 6.45) is -1.45. The maximum atomic E-state index is 16.7.